The summed E-state index contributed by atoms with van der Waals surface area (Å²) in [6.07, 6.45) is -3.23. The van der Waals surface area contributed by atoms with Crippen molar-refractivity contribution in [2.24, 2.45) is 5.73 Å². The lowest BCUT2D eigenvalue weighted by Crippen LogP contribution is -2.21. The summed E-state index contributed by atoms with van der Waals surface area (Å²) < 4.78 is 37.5. The van der Waals surface area contributed by atoms with Gasteiger partial charge in [0.2, 0.25) is 0 Å². The number of nitrogens with zero attached hydrogens (tertiary/aromatic N) is 1. The van der Waals surface area contributed by atoms with Gasteiger partial charge in [-0.3, -0.25) is 10.1 Å². The Kier molecular flexibility index (Phi) is 2.81. The number of nitrogens with two attached hydrogens (primary N) is 1. The number of hydrogen-bond acceptors (Lipinski definition) is 3. The van der Waals surface area contributed by atoms with Gasteiger partial charge in [0.25, 0.3) is 5.69 Å². The number of nitro groups is 1. The number of alkyl halides is 3. The van der Waals surface area contributed by atoms with Crippen molar-refractivity contribution in [1.82, 2.24) is 0 Å². The van der Waals surface area contributed by atoms with Crippen molar-refractivity contribution < 1.29 is 18.1 Å². The number of halogens is 3. The van der Waals surface area contributed by atoms with Gasteiger partial charge in [-0.1, -0.05) is 6.07 Å². The Balaban J connectivity index is 2.53. The molecule has 4 nitrogen and oxygen atoms in total. The van der Waals surface area contributed by atoms with E-state index in [1.165, 1.54) is 6.07 Å². The van der Waals surface area contributed by atoms with Crippen molar-refractivity contribution in [2.45, 2.75) is 24.4 Å². The fourth-order valence-electron chi connectivity index (χ4n) is 2.04. The molecule has 0 saturated heterocycles. The van der Waals surface area contributed by atoms with Gasteiger partial charge in [-0.05, 0) is 18.9 Å². The quantitative estimate of drug-likeness (QED) is 0.670. The molecule has 0 heterocycles. The summed E-state index contributed by atoms with van der Waals surface area (Å²) in [5, 5.41) is 10.9. The Labute approximate surface area is 101 Å². The molecule has 98 valence electrons. The second kappa shape index (κ2) is 3.94. The molecular formula is C11H11F3N2O2. The summed E-state index contributed by atoms with van der Waals surface area (Å²) in [6.45, 7) is 0.208. The molecule has 2 N–H and O–H groups in total. The molecule has 1 aromatic carbocycles. The molecule has 0 bridgehead atoms. The third kappa shape index (κ3) is 2.05. The molecule has 0 aliphatic heterocycles. The maximum absolute atomic E-state index is 12.5. The van der Waals surface area contributed by atoms with Crippen LogP contribution in [0, 0.1) is 10.1 Å². The Morgan fingerprint density at radius 3 is 2.39 bits per heavy atom. The first-order chi connectivity index (χ1) is 8.30. The minimum Gasteiger partial charge on any atom is -0.330 e. The first-order valence-electron chi connectivity index (χ1n) is 5.36. The van der Waals surface area contributed by atoms with E-state index in [2.05, 4.69) is 0 Å². The lowest BCUT2D eigenvalue weighted by molar-refractivity contribution is -0.386. The van der Waals surface area contributed by atoms with E-state index in [4.69, 9.17) is 5.73 Å². The Morgan fingerprint density at radius 1 is 1.39 bits per heavy atom. The van der Waals surface area contributed by atoms with Crippen LogP contribution in [-0.4, -0.2) is 11.5 Å². The van der Waals surface area contributed by atoms with Crippen molar-refractivity contribution in [3.63, 3.8) is 0 Å². The zero-order chi connectivity index (χ0) is 13.6. The van der Waals surface area contributed by atoms with Gasteiger partial charge >= 0.3 is 6.18 Å². The van der Waals surface area contributed by atoms with Gasteiger partial charge < -0.3 is 5.73 Å². The molecule has 1 aliphatic carbocycles. The van der Waals surface area contributed by atoms with Gasteiger partial charge in [0.1, 0.15) is 0 Å². The van der Waals surface area contributed by atoms with Gasteiger partial charge in [0.15, 0.2) is 0 Å². The van der Waals surface area contributed by atoms with Gasteiger partial charge in [-0.15, -0.1) is 0 Å². The maximum Gasteiger partial charge on any atom is 0.416 e. The van der Waals surface area contributed by atoms with Gasteiger partial charge in [-0.25, -0.2) is 0 Å². The molecule has 1 aromatic rings. The molecule has 1 saturated carbocycles. The number of benzene rings is 1. The molecule has 0 atom stereocenters. The van der Waals surface area contributed by atoms with Crippen LogP contribution in [0.1, 0.15) is 24.0 Å². The monoisotopic (exact) mass is 260 g/mol. The van der Waals surface area contributed by atoms with Crippen molar-refractivity contribution in [1.29, 1.82) is 0 Å². The molecule has 0 spiro atoms. The van der Waals surface area contributed by atoms with Crippen molar-refractivity contribution >= 4 is 5.69 Å². The fraction of sp³-hybridized carbons (Fsp3) is 0.455. The van der Waals surface area contributed by atoms with E-state index >= 15 is 0 Å². The summed E-state index contributed by atoms with van der Waals surface area (Å²) in [5.41, 5.74) is 3.85. The van der Waals surface area contributed by atoms with E-state index in [0.29, 0.717) is 24.5 Å². The molecule has 7 heteroatoms. The van der Waals surface area contributed by atoms with E-state index in [9.17, 15) is 23.3 Å². The highest BCUT2D eigenvalue weighted by molar-refractivity contribution is 5.51. The highest BCUT2D eigenvalue weighted by Gasteiger charge is 2.47. The van der Waals surface area contributed by atoms with Crippen LogP contribution in [0.4, 0.5) is 18.9 Å². The second-order valence-corrected chi connectivity index (χ2v) is 4.47. The van der Waals surface area contributed by atoms with Crippen LogP contribution < -0.4 is 5.73 Å². The summed E-state index contributed by atoms with van der Waals surface area (Å²) in [7, 11) is 0. The van der Waals surface area contributed by atoms with Crippen LogP contribution in [-0.2, 0) is 11.6 Å². The topological polar surface area (TPSA) is 69.2 Å². The van der Waals surface area contributed by atoms with E-state index in [1.807, 2.05) is 0 Å². The van der Waals surface area contributed by atoms with Crippen LogP contribution in [0.5, 0.6) is 0 Å². The Morgan fingerprint density at radius 2 is 2.00 bits per heavy atom. The summed E-state index contributed by atoms with van der Waals surface area (Å²) in [6, 6.07) is 2.64. The van der Waals surface area contributed by atoms with Gasteiger partial charge in [0.05, 0.1) is 10.5 Å². The average Bonchev–Trinajstić information content (AvgIpc) is 3.07. The highest BCUT2D eigenvalue weighted by Crippen LogP contribution is 2.51. The van der Waals surface area contributed by atoms with Crippen LogP contribution in [0.3, 0.4) is 0 Å². The lowest BCUT2D eigenvalue weighted by Gasteiger charge is -2.14. The molecule has 18 heavy (non-hydrogen) atoms. The van der Waals surface area contributed by atoms with E-state index in [-0.39, 0.29) is 6.54 Å². The van der Waals surface area contributed by atoms with Gasteiger partial charge in [0, 0.05) is 23.6 Å². The van der Waals surface area contributed by atoms with Crippen molar-refractivity contribution in [3.05, 3.63) is 39.4 Å². The van der Waals surface area contributed by atoms with Crippen LogP contribution >= 0.6 is 0 Å². The molecule has 0 aromatic heterocycles. The zero-order valence-electron chi connectivity index (χ0n) is 9.33. The number of hydrogen-bond donors (Lipinski definition) is 1. The standard InChI is InChI=1S/C11H11F3N2O2/c12-11(13,14)7-1-2-8(9(5-7)16(17)18)10(6-15)3-4-10/h1-2,5H,3-4,6,15H2. The van der Waals surface area contributed by atoms with Gasteiger partial charge in [-0.2, -0.15) is 13.2 Å². The minimum absolute atomic E-state index is 0.208. The van der Waals surface area contributed by atoms with Crippen molar-refractivity contribution in [3.8, 4) is 0 Å². The zero-order valence-corrected chi connectivity index (χ0v) is 9.33. The van der Waals surface area contributed by atoms with E-state index < -0.39 is 27.8 Å². The Bertz CT molecular complexity index is 496. The molecule has 0 radical (unpaired) electrons. The molecule has 0 unspecified atom stereocenters. The van der Waals surface area contributed by atoms with Crippen LogP contribution in [0.15, 0.2) is 18.2 Å². The predicted octanol–water partition coefficient (Wildman–Crippen LogP) is 2.60. The average molecular weight is 260 g/mol. The fourth-order valence-corrected chi connectivity index (χ4v) is 2.04. The largest absolute Gasteiger partial charge is 0.416 e. The lowest BCUT2D eigenvalue weighted by atomic mass is 9.93. The predicted molar refractivity (Wildman–Crippen MR) is 58.1 cm³/mol. The van der Waals surface area contributed by atoms with Crippen LogP contribution in [0.25, 0.3) is 0 Å². The second-order valence-electron chi connectivity index (χ2n) is 4.47. The first kappa shape index (κ1) is 12.8. The normalized spacial score (nSPS) is 17.6. The maximum atomic E-state index is 12.5. The molecule has 0 amide bonds. The molecular weight excluding hydrogens is 249 g/mol. The summed E-state index contributed by atoms with van der Waals surface area (Å²) in [4.78, 5) is 10.1. The summed E-state index contributed by atoms with van der Waals surface area (Å²) in [5.74, 6) is 0. The molecule has 2 rings (SSSR count). The van der Waals surface area contributed by atoms with E-state index in [0.717, 1.165) is 6.07 Å². The third-order valence-corrected chi connectivity index (χ3v) is 3.34. The smallest absolute Gasteiger partial charge is 0.330 e. The third-order valence-electron chi connectivity index (χ3n) is 3.34. The van der Waals surface area contributed by atoms with E-state index in [1.54, 1.807) is 0 Å². The first-order valence-corrected chi connectivity index (χ1v) is 5.36. The minimum atomic E-state index is -4.58. The molecule has 1 fully saturated rings. The molecule has 1 aliphatic rings. The Hall–Kier alpha value is -1.63. The van der Waals surface area contributed by atoms with Crippen LogP contribution in [0.2, 0.25) is 0 Å². The SMILES string of the molecule is NCC1(c2ccc(C(F)(F)F)cc2[N+](=O)[O-])CC1. The van der Waals surface area contributed by atoms with Crippen molar-refractivity contribution in [2.75, 3.05) is 6.54 Å². The number of nitro benzene ring substituents is 1. The highest BCUT2D eigenvalue weighted by atomic mass is 19.4. The number of rotatable bonds is 3. The summed E-state index contributed by atoms with van der Waals surface area (Å²) >= 11 is 0.